The molecule has 30 heavy (non-hydrogen) atoms. The average Bonchev–Trinajstić information content (AvgIpc) is 3.46. The Bertz CT molecular complexity index is 1020. The maximum absolute atomic E-state index is 12.8. The van der Waals surface area contributed by atoms with Crippen LogP contribution in [0.1, 0.15) is 20.2 Å². The van der Waals surface area contributed by atoms with Crippen LogP contribution in [0.5, 0.6) is 0 Å². The van der Waals surface area contributed by atoms with Crippen molar-refractivity contribution in [1.29, 1.82) is 0 Å². The Morgan fingerprint density at radius 2 is 1.50 bits per heavy atom. The molecule has 1 aliphatic rings. The highest BCUT2D eigenvalue weighted by Gasteiger charge is 2.27. The molecule has 2 aromatic heterocycles. The van der Waals surface area contributed by atoms with Gasteiger partial charge in [-0.3, -0.25) is 14.9 Å². The molecule has 0 radical (unpaired) electrons. The fourth-order valence-electron chi connectivity index (χ4n) is 3.14. The van der Waals surface area contributed by atoms with Gasteiger partial charge in [-0.25, -0.2) is 4.79 Å². The molecule has 9 heteroatoms. The van der Waals surface area contributed by atoms with Crippen LogP contribution < -0.4 is 10.6 Å². The Morgan fingerprint density at radius 3 is 2.17 bits per heavy atom. The van der Waals surface area contributed by atoms with Gasteiger partial charge in [0.25, 0.3) is 11.8 Å². The number of hydrogen-bond donors (Lipinski definition) is 2. The number of rotatable bonds is 4. The minimum atomic E-state index is -0.368. The van der Waals surface area contributed by atoms with Crippen LogP contribution in [0.3, 0.4) is 0 Å². The van der Waals surface area contributed by atoms with E-state index in [4.69, 9.17) is 4.42 Å². The Kier molecular flexibility index (Phi) is 5.80. The topological polar surface area (TPSA) is 94.9 Å². The molecule has 0 spiro atoms. The summed E-state index contributed by atoms with van der Waals surface area (Å²) < 4.78 is 5.15. The monoisotopic (exact) mass is 424 g/mol. The van der Waals surface area contributed by atoms with Crippen LogP contribution in [-0.2, 0) is 0 Å². The van der Waals surface area contributed by atoms with Crippen molar-refractivity contribution < 1.29 is 18.8 Å². The Balaban J connectivity index is 1.30. The molecule has 154 valence electrons. The van der Waals surface area contributed by atoms with Crippen LogP contribution in [0.4, 0.5) is 15.5 Å². The molecule has 4 rings (SSSR count). The lowest BCUT2D eigenvalue weighted by Gasteiger charge is -2.34. The van der Waals surface area contributed by atoms with Gasteiger partial charge in [0, 0.05) is 31.9 Å². The summed E-state index contributed by atoms with van der Waals surface area (Å²) in [4.78, 5) is 41.1. The van der Waals surface area contributed by atoms with Gasteiger partial charge in [0.1, 0.15) is 0 Å². The van der Waals surface area contributed by atoms with E-state index >= 15 is 0 Å². The molecule has 8 nitrogen and oxygen atoms in total. The second kappa shape index (κ2) is 8.83. The largest absolute Gasteiger partial charge is 0.459 e. The minimum absolute atomic E-state index is 0.110. The molecule has 1 aromatic carbocycles. The normalized spacial score (nSPS) is 13.7. The van der Waals surface area contributed by atoms with Crippen molar-refractivity contribution in [3.63, 3.8) is 0 Å². The number of nitrogens with zero attached hydrogens (tertiary/aromatic N) is 2. The number of para-hydroxylation sites is 1. The summed E-state index contributed by atoms with van der Waals surface area (Å²) in [7, 11) is 0. The molecular weight excluding hydrogens is 404 g/mol. The number of benzene rings is 1. The average molecular weight is 424 g/mol. The fraction of sp³-hybridized carbons (Fsp3) is 0.190. The van der Waals surface area contributed by atoms with Gasteiger partial charge in [-0.05, 0) is 36.4 Å². The van der Waals surface area contributed by atoms with E-state index in [0.717, 1.165) is 0 Å². The summed E-state index contributed by atoms with van der Waals surface area (Å²) in [5.41, 5.74) is 0.685. The molecule has 0 aliphatic carbocycles. The molecule has 0 atom stereocenters. The third kappa shape index (κ3) is 4.52. The molecule has 3 heterocycles. The molecule has 1 fully saturated rings. The van der Waals surface area contributed by atoms with Crippen LogP contribution in [-0.4, -0.2) is 53.8 Å². The van der Waals surface area contributed by atoms with Crippen LogP contribution >= 0.6 is 11.3 Å². The molecule has 3 aromatic rings. The summed E-state index contributed by atoms with van der Waals surface area (Å²) in [6.45, 7) is 1.78. The maximum Gasteiger partial charge on any atom is 0.324 e. The van der Waals surface area contributed by atoms with Gasteiger partial charge in [0.15, 0.2) is 5.76 Å². The number of amides is 4. The number of carbonyl (C=O) groups is 3. The number of hydrogen-bond acceptors (Lipinski definition) is 5. The van der Waals surface area contributed by atoms with E-state index in [2.05, 4.69) is 10.6 Å². The van der Waals surface area contributed by atoms with Crippen molar-refractivity contribution in [2.75, 3.05) is 36.8 Å². The molecule has 2 N–H and O–H groups in total. The standard InChI is InChI=1S/C21H20N4O4S/c26-19(16-7-4-14-29-16)24-10-12-25(13-11-24)20(27)17-8-9-18(30-17)23-21(28)22-15-5-2-1-3-6-15/h1-9,14H,10-13H2,(H2,22,23,28). The van der Waals surface area contributed by atoms with Gasteiger partial charge in [-0.1, -0.05) is 18.2 Å². The maximum atomic E-state index is 12.8. The molecular formula is C21H20N4O4S. The summed E-state index contributed by atoms with van der Waals surface area (Å²) in [6, 6.07) is 15.5. The van der Waals surface area contributed by atoms with E-state index < -0.39 is 0 Å². The van der Waals surface area contributed by atoms with Crippen molar-refractivity contribution in [2.24, 2.45) is 0 Å². The minimum Gasteiger partial charge on any atom is -0.459 e. The van der Waals surface area contributed by atoms with Crippen molar-refractivity contribution in [1.82, 2.24) is 9.80 Å². The van der Waals surface area contributed by atoms with E-state index in [1.54, 1.807) is 46.2 Å². The Hall–Kier alpha value is -3.59. The van der Waals surface area contributed by atoms with E-state index in [1.165, 1.54) is 17.6 Å². The van der Waals surface area contributed by atoms with Crippen molar-refractivity contribution >= 4 is 39.9 Å². The van der Waals surface area contributed by atoms with E-state index in [0.29, 0.717) is 47.5 Å². The van der Waals surface area contributed by atoms with E-state index in [9.17, 15) is 14.4 Å². The first-order valence-electron chi connectivity index (χ1n) is 9.45. The number of anilines is 2. The predicted molar refractivity (Wildman–Crippen MR) is 114 cm³/mol. The summed E-state index contributed by atoms with van der Waals surface area (Å²) in [5, 5.41) is 6.06. The Morgan fingerprint density at radius 1 is 0.800 bits per heavy atom. The van der Waals surface area contributed by atoms with Gasteiger partial charge >= 0.3 is 6.03 Å². The number of furan rings is 1. The molecule has 4 amide bonds. The quantitative estimate of drug-likeness (QED) is 0.669. The number of piperazine rings is 1. The van der Waals surface area contributed by atoms with E-state index in [1.807, 2.05) is 18.2 Å². The third-order valence-electron chi connectivity index (χ3n) is 4.67. The lowest BCUT2D eigenvalue weighted by Crippen LogP contribution is -2.50. The SMILES string of the molecule is O=C(Nc1ccccc1)Nc1ccc(C(=O)N2CCN(C(=O)c3ccco3)CC2)s1. The third-order valence-corrected chi connectivity index (χ3v) is 5.66. The van der Waals surface area contributed by atoms with Gasteiger partial charge in [-0.2, -0.15) is 0 Å². The van der Waals surface area contributed by atoms with E-state index in [-0.39, 0.29) is 17.8 Å². The summed E-state index contributed by atoms with van der Waals surface area (Å²) >= 11 is 1.22. The zero-order valence-corrected chi connectivity index (χ0v) is 16.9. The highest BCUT2D eigenvalue weighted by atomic mass is 32.1. The first kappa shape index (κ1) is 19.7. The first-order valence-corrected chi connectivity index (χ1v) is 10.3. The lowest BCUT2D eigenvalue weighted by atomic mass is 10.2. The molecule has 0 saturated carbocycles. The second-order valence-corrected chi connectivity index (χ2v) is 7.75. The zero-order valence-electron chi connectivity index (χ0n) is 16.0. The van der Waals surface area contributed by atoms with Crippen LogP contribution in [0.15, 0.2) is 65.3 Å². The number of urea groups is 1. The van der Waals surface area contributed by atoms with Crippen molar-refractivity contribution in [2.45, 2.75) is 0 Å². The van der Waals surface area contributed by atoms with Crippen LogP contribution in [0.25, 0.3) is 0 Å². The summed E-state index contributed by atoms with van der Waals surface area (Å²) in [6.07, 6.45) is 1.47. The van der Waals surface area contributed by atoms with Crippen molar-refractivity contribution in [3.05, 3.63) is 71.5 Å². The molecule has 0 unspecified atom stereocenters. The first-order chi connectivity index (χ1) is 14.6. The van der Waals surface area contributed by atoms with Gasteiger partial charge in [-0.15, -0.1) is 11.3 Å². The van der Waals surface area contributed by atoms with Crippen molar-refractivity contribution in [3.8, 4) is 0 Å². The predicted octanol–water partition coefficient (Wildman–Crippen LogP) is 3.58. The molecule has 0 bridgehead atoms. The zero-order chi connectivity index (χ0) is 20.9. The second-order valence-electron chi connectivity index (χ2n) is 6.67. The number of nitrogens with one attached hydrogen (secondary N) is 2. The number of thiophene rings is 1. The van der Waals surface area contributed by atoms with Gasteiger partial charge in [0.2, 0.25) is 0 Å². The fourth-order valence-corrected chi connectivity index (χ4v) is 4.01. The number of carbonyl (C=O) groups excluding carboxylic acids is 3. The van der Waals surface area contributed by atoms with Crippen LogP contribution in [0, 0.1) is 0 Å². The molecule has 1 aliphatic heterocycles. The Labute approximate surface area is 177 Å². The van der Waals surface area contributed by atoms with Crippen LogP contribution in [0.2, 0.25) is 0 Å². The lowest BCUT2D eigenvalue weighted by molar-refractivity contribution is 0.0520. The molecule has 1 saturated heterocycles. The summed E-state index contributed by atoms with van der Waals surface area (Å²) in [5.74, 6) is 0.0262. The highest BCUT2D eigenvalue weighted by molar-refractivity contribution is 7.18. The highest BCUT2D eigenvalue weighted by Crippen LogP contribution is 2.24. The smallest absolute Gasteiger partial charge is 0.324 e. The van der Waals surface area contributed by atoms with Gasteiger partial charge in [0.05, 0.1) is 16.1 Å². The van der Waals surface area contributed by atoms with Gasteiger partial charge < -0.3 is 19.5 Å².